The molecule has 3 amide bonds. The zero-order chi connectivity index (χ0) is 15.2. The van der Waals surface area contributed by atoms with Crippen LogP contribution in [0, 0.1) is 0 Å². The second kappa shape index (κ2) is 7.31. The Bertz CT molecular complexity index is 501. The van der Waals surface area contributed by atoms with E-state index in [0.717, 1.165) is 17.0 Å². The molecule has 1 aliphatic heterocycles. The fraction of sp³-hybridized carbons (Fsp3) is 0.467. The zero-order valence-electron chi connectivity index (χ0n) is 12.1. The van der Waals surface area contributed by atoms with Crippen molar-refractivity contribution in [1.29, 1.82) is 0 Å². The minimum absolute atomic E-state index is 0.00139. The van der Waals surface area contributed by atoms with Gasteiger partial charge in [-0.25, -0.2) is 4.79 Å². The molecule has 0 saturated carbocycles. The summed E-state index contributed by atoms with van der Waals surface area (Å²) in [6, 6.07) is 7.56. The van der Waals surface area contributed by atoms with Gasteiger partial charge in [0.2, 0.25) is 6.41 Å². The van der Waals surface area contributed by atoms with E-state index in [1.165, 1.54) is 0 Å². The summed E-state index contributed by atoms with van der Waals surface area (Å²) in [5.74, 6) is 0. The van der Waals surface area contributed by atoms with Gasteiger partial charge in [0.15, 0.2) is 0 Å². The maximum Gasteiger partial charge on any atom is 0.317 e. The van der Waals surface area contributed by atoms with Gasteiger partial charge in [0, 0.05) is 37.2 Å². The number of halogens is 1. The molecular weight excluding hydrogens is 290 g/mol. The number of hydrogen-bond acceptors (Lipinski definition) is 2. The number of hydrogen-bond donors (Lipinski definition) is 1. The molecule has 5 nitrogen and oxygen atoms in total. The summed E-state index contributed by atoms with van der Waals surface area (Å²) in [5.41, 5.74) is 1.03. The van der Waals surface area contributed by atoms with Crippen molar-refractivity contribution in [3.63, 3.8) is 0 Å². The highest BCUT2D eigenvalue weighted by molar-refractivity contribution is 6.31. The minimum Gasteiger partial charge on any atom is -0.342 e. The second-order valence-electron chi connectivity index (χ2n) is 5.27. The van der Waals surface area contributed by atoms with Gasteiger partial charge < -0.3 is 15.1 Å². The normalized spacial score (nSPS) is 16.5. The molecule has 6 heteroatoms. The number of carbonyl (C=O) groups excluding carboxylic acids is 2. The molecule has 1 N–H and O–H groups in total. The Hall–Kier alpha value is -1.75. The fourth-order valence-corrected chi connectivity index (χ4v) is 2.59. The Morgan fingerprint density at radius 3 is 2.62 bits per heavy atom. The van der Waals surface area contributed by atoms with Crippen LogP contribution in [0.1, 0.15) is 12.5 Å². The molecule has 0 aromatic heterocycles. The van der Waals surface area contributed by atoms with Gasteiger partial charge in [-0.1, -0.05) is 29.8 Å². The van der Waals surface area contributed by atoms with Crippen molar-refractivity contribution in [3.05, 3.63) is 34.9 Å². The number of amides is 3. The third-order valence-electron chi connectivity index (χ3n) is 3.60. The number of piperazine rings is 1. The van der Waals surface area contributed by atoms with Crippen LogP contribution in [0.4, 0.5) is 4.79 Å². The molecule has 2 rings (SSSR count). The largest absolute Gasteiger partial charge is 0.342 e. The monoisotopic (exact) mass is 309 g/mol. The predicted octanol–water partition coefficient (Wildman–Crippen LogP) is 1.75. The molecule has 0 bridgehead atoms. The molecule has 0 spiro atoms. The average Bonchev–Trinajstić information content (AvgIpc) is 2.49. The van der Waals surface area contributed by atoms with Crippen molar-refractivity contribution in [1.82, 2.24) is 15.1 Å². The van der Waals surface area contributed by atoms with Crippen LogP contribution in [0.2, 0.25) is 5.02 Å². The van der Waals surface area contributed by atoms with Crippen molar-refractivity contribution in [3.8, 4) is 0 Å². The summed E-state index contributed by atoms with van der Waals surface area (Å²) in [5, 5.41) is 3.70. The Balaban J connectivity index is 1.82. The molecule has 1 aromatic rings. The van der Waals surface area contributed by atoms with Gasteiger partial charge in [0.1, 0.15) is 0 Å². The maximum absolute atomic E-state index is 12.2. The predicted molar refractivity (Wildman–Crippen MR) is 82.4 cm³/mol. The van der Waals surface area contributed by atoms with Crippen molar-refractivity contribution in [2.75, 3.05) is 26.2 Å². The van der Waals surface area contributed by atoms with Crippen LogP contribution in [-0.4, -0.2) is 54.5 Å². The van der Waals surface area contributed by atoms with E-state index in [-0.39, 0.29) is 12.1 Å². The smallest absolute Gasteiger partial charge is 0.317 e. The fourth-order valence-electron chi connectivity index (χ4n) is 2.38. The molecule has 1 atom stereocenters. The minimum atomic E-state index is -0.0832. The number of carbonyl (C=O) groups is 2. The Morgan fingerprint density at radius 1 is 1.33 bits per heavy atom. The number of benzene rings is 1. The highest BCUT2D eigenvalue weighted by Gasteiger charge is 2.21. The molecule has 114 valence electrons. The number of urea groups is 1. The summed E-state index contributed by atoms with van der Waals surface area (Å²) in [6.07, 6.45) is 1.52. The molecule has 1 heterocycles. The van der Waals surface area contributed by atoms with Gasteiger partial charge in [0.05, 0.1) is 0 Å². The standard InChI is InChI=1S/C15H20ClN3O2/c1-12(10-13-4-2-3-5-14(13)16)17-15(21)19-8-6-18(11-20)7-9-19/h2-5,11-12H,6-10H2,1H3,(H,17,21). The molecule has 0 radical (unpaired) electrons. The van der Waals surface area contributed by atoms with E-state index in [1.807, 2.05) is 31.2 Å². The van der Waals surface area contributed by atoms with Gasteiger partial charge in [-0.2, -0.15) is 0 Å². The summed E-state index contributed by atoms with van der Waals surface area (Å²) < 4.78 is 0. The Morgan fingerprint density at radius 2 is 2.00 bits per heavy atom. The quantitative estimate of drug-likeness (QED) is 0.862. The first-order chi connectivity index (χ1) is 10.1. The van der Waals surface area contributed by atoms with Crippen LogP contribution in [0.25, 0.3) is 0 Å². The van der Waals surface area contributed by atoms with Crippen LogP contribution in [0.15, 0.2) is 24.3 Å². The van der Waals surface area contributed by atoms with Crippen LogP contribution in [0.5, 0.6) is 0 Å². The van der Waals surface area contributed by atoms with Gasteiger partial charge >= 0.3 is 6.03 Å². The molecule has 1 unspecified atom stereocenters. The summed E-state index contributed by atoms with van der Waals surface area (Å²) in [7, 11) is 0. The van der Waals surface area contributed by atoms with Crippen molar-refractivity contribution in [2.45, 2.75) is 19.4 Å². The molecule has 1 saturated heterocycles. The lowest BCUT2D eigenvalue weighted by molar-refractivity contribution is -0.119. The lowest BCUT2D eigenvalue weighted by Gasteiger charge is -2.33. The lowest BCUT2D eigenvalue weighted by Crippen LogP contribution is -2.53. The summed E-state index contributed by atoms with van der Waals surface area (Å²) >= 11 is 6.12. The zero-order valence-corrected chi connectivity index (χ0v) is 12.8. The van der Waals surface area contributed by atoms with Crippen LogP contribution >= 0.6 is 11.6 Å². The topological polar surface area (TPSA) is 52.7 Å². The van der Waals surface area contributed by atoms with E-state index in [0.29, 0.717) is 32.6 Å². The Kier molecular flexibility index (Phi) is 5.44. The molecule has 21 heavy (non-hydrogen) atoms. The average molecular weight is 310 g/mol. The van der Waals surface area contributed by atoms with Gasteiger partial charge in [0.25, 0.3) is 0 Å². The first-order valence-electron chi connectivity index (χ1n) is 7.08. The SMILES string of the molecule is CC(Cc1ccccc1Cl)NC(=O)N1CCN(C=O)CC1. The second-order valence-corrected chi connectivity index (χ2v) is 5.68. The van der Waals surface area contributed by atoms with Crippen LogP contribution in [-0.2, 0) is 11.2 Å². The van der Waals surface area contributed by atoms with Gasteiger partial charge in [-0.3, -0.25) is 4.79 Å². The van der Waals surface area contributed by atoms with Crippen LogP contribution in [0.3, 0.4) is 0 Å². The van der Waals surface area contributed by atoms with E-state index < -0.39 is 0 Å². The summed E-state index contributed by atoms with van der Waals surface area (Å²) in [6.45, 7) is 4.29. The third kappa shape index (κ3) is 4.36. The third-order valence-corrected chi connectivity index (χ3v) is 3.97. The number of rotatable bonds is 4. The molecule has 1 aromatic carbocycles. The highest BCUT2D eigenvalue weighted by atomic mass is 35.5. The van der Waals surface area contributed by atoms with E-state index >= 15 is 0 Å². The van der Waals surface area contributed by atoms with Gasteiger partial charge in [-0.05, 0) is 25.0 Å². The van der Waals surface area contributed by atoms with Crippen molar-refractivity contribution in [2.24, 2.45) is 0 Å². The van der Waals surface area contributed by atoms with Crippen molar-refractivity contribution < 1.29 is 9.59 Å². The number of nitrogens with zero attached hydrogens (tertiary/aromatic N) is 2. The molecule has 1 fully saturated rings. The molecule has 1 aliphatic rings. The summed E-state index contributed by atoms with van der Waals surface area (Å²) in [4.78, 5) is 26.2. The van der Waals surface area contributed by atoms with E-state index in [1.54, 1.807) is 9.80 Å². The van der Waals surface area contributed by atoms with Crippen molar-refractivity contribution >= 4 is 24.0 Å². The highest BCUT2D eigenvalue weighted by Crippen LogP contribution is 2.16. The first-order valence-corrected chi connectivity index (χ1v) is 7.46. The molecule has 0 aliphatic carbocycles. The number of nitrogens with one attached hydrogen (secondary N) is 1. The van der Waals surface area contributed by atoms with Crippen LogP contribution < -0.4 is 5.32 Å². The Labute approximate surface area is 129 Å². The first kappa shape index (κ1) is 15.6. The maximum atomic E-state index is 12.2. The van der Waals surface area contributed by atoms with E-state index in [2.05, 4.69) is 5.32 Å². The van der Waals surface area contributed by atoms with E-state index in [4.69, 9.17) is 11.6 Å². The molecular formula is C15H20ClN3O2. The lowest BCUT2D eigenvalue weighted by atomic mass is 10.1. The van der Waals surface area contributed by atoms with E-state index in [9.17, 15) is 9.59 Å². The van der Waals surface area contributed by atoms with Gasteiger partial charge in [-0.15, -0.1) is 0 Å².